The van der Waals surface area contributed by atoms with Crippen LogP contribution in [0.3, 0.4) is 0 Å². The van der Waals surface area contributed by atoms with Crippen molar-refractivity contribution in [3.63, 3.8) is 0 Å². The fourth-order valence-corrected chi connectivity index (χ4v) is 2.82. The molecule has 0 aliphatic heterocycles. The van der Waals surface area contributed by atoms with Gasteiger partial charge in [-0.05, 0) is 29.8 Å². The summed E-state index contributed by atoms with van der Waals surface area (Å²) in [6, 6.07) is 13.8. The summed E-state index contributed by atoms with van der Waals surface area (Å²) in [7, 11) is 1.68. The molecule has 2 aromatic carbocycles. The summed E-state index contributed by atoms with van der Waals surface area (Å²) in [5, 5.41) is 12.5. The van der Waals surface area contributed by atoms with Gasteiger partial charge in [-0.15, -0.1) is 0 Å². The zero-order valence-corrected chi connectivity index (χ0v) is 13.6. The standard InChI is InChI=1S/C19H17FN2O3/c1-22-16-8-7-14(20)10-13(16)11-17(22)18(23)21-15(19(24)25)9-12-5-3-2-4-6-12/h2-8,10-11,15H,9H2,1H3,(H,21,23)(H,24,25)/t15-/m0/s1. The molecule has 0 unspecified atom stereocenters. The van der Waals surface area contributed by atoms with E-state index >= 15 is 0 Å². The van der Waals surface area contributed by atoms with Crippen LogP contribution in [-0.4, -0.2) is 27.6 Å². The van der Waals surface area contributed by atoms with Crippen molar-refractivity contribution in [2.75, 3.05) is 0 Å². The van der Waals surface area contributed by atoms with Crippen LogP contribution < -0.4 is 5.32 Å². The number of carbonyl (C=O) groups is 2. The van der Waals surface area contributed by atoms with E-state index in [1.54, 1.807) is 23.7 Å². The smallest absolute Gasteiger partial charge is 0.326 e. The molecule has 0 bridgehead atoms. The number of carboxylic acid groups (broad SMARTS) is 1. The molecule has 0 radical (unpaired) electrons. The first kappa shape index (κ1) is 16.7. The van der Waals surface area contributed by atoms with E-state index in [1.165, 1.54) is 12.1 Å². The summed E-state index contributed by atoms with van der Waals surface area (Å²) in [5.74, 6) is -2.01. The number of hydrogen-bond acceptors (Lipinski definition) is 2. The first-order chi connectivity index (χ1) is 12.0. The predicted molar refractivity (Wildman–Crippen MR) is 91.9 cm³/mol. The van der Waals surface area contributed by atoms with E-state index in [-0.39, 0.29) is 12.1 Å². The maximum atomic E-state index is 13.3. The molecule has 1 amide bonds. The van der Waals surface area contributed by atoms with Crippen LogP contribution in [-0.2, 0) is 18.3 Å². The number of carboxylic acids is 1. The van der Waals surface area contributed by atoms with Gasteiger partial charge in [-0.1, -0.05) is 30.3 Å². The van der Waals surface area contributed by atoms with Crippen LogP contribution in [0.15, 0.2) is 54.6 Å². The Balaban J connectivity index is 1.84. The number of hydrogen-bond donors (Lipinski definition) is 2. The highest BCUT2D eigenvalue weighted by Gasteiger charge is 2.23. The van der Waals surface area contributed by atoms with Gasteiger partial charge >= 0.3 is 5.97 Å². The molecule has 0 spiro atoms. The van der Waals surface area contributed by atoms with Crippen molar-refractivity contribution >= 4 is 22.8 Å². The third-order valence-electron chi connectivity index (χ3n) is 4.12. The molecule has 0 saturated heterocycles. The summed E-state index contributed by atoms with van der Waals surface area (Å²) in [6.07, 6.45) is 0.181. The molecule has 0 aliphatic rings. The van der Waals surface area contributed by atoms with Gasteiger partial charge in [-0.3, -0.25) is 4.79 Å². The monoisotopic (exact) mass is 340 g/mol. The molecule has 3 rings (SSSR count). The largest absolute Gasteiger partial charge is 0.480 e. The van der Waals surface area contributed by atoms with Gasteiger partial charge in [-0.2, -0.15) is 0 Å². The molecule has 2 N–H and O–H groups in total. The Morgan fingerprint density at radius 3 is 2.56 bits per heavy atom. The van der Waals surface area contributed by atoms with Crippen molar-refractivity contribution < 1.29 is 19.1 Å². The predicted octanol–water partition coefficient (Wildman–Crippen LogP) is 2.74. The van der Waals surface area contributed by atoms with Crippen LogP contribution in [0.4, 0.5) is 4.39 Å². The van der Waals surface area contributed by atoms with E-state index in [2.05, 4.69) is 5.32 Å². The van der Waals surface area contributed by atoms with E-state index in [9.17, 15) is 19.1 Å². The van der Waals surface area contributed by atoms with Crippen LogP contribution in [0.2, 0.25) is 0 Å². The first-order valence-corrected chi connectivity index (χ1v) is 7.78. The number of aliphatic carboxylic acids is 1. The number of aryl methyl sites for hydroxylation is 1. The Bertz CT molecular complexity index is 934. The second-order valence-electron chi connectivity index (χ2n) is 5.85. The van der Waals surface area contributed by atoms with Gasteiger partial charge in [-0.25, -0.2) is 9.18 Å². The van der Waals surface area contributed by atoms with Crippen LogP contribution >= 0.6 is 0 Å². The third-order valence-corrected chi connectivity index (χ3v) is 4.12. The van der Waals surface area contributed by atoms with Gasteiger partial charge in [0.1, 0.15) is 17.6 Å². The highest BCUT2D eigenvalue weighted by molar-refractivity contribution is 6.00. The van der Waals surface area contributed by atoms with E-state index in [0.717, 1.165) is 5.56 Å². The van der Waals surface area contributed by atoms with Gasteiger partial charge in [0.15, 0.2) is 0 Å². The minimum absolute atomic E-state index is 0.181. The van der Waals surface area contributed by atoms with Crippen molar-refractivity contribution in [2.24, 2.45) is 7.05 Å². The van der Waals surface area contributed by atoms with Crippen molar-refractivity contribution in [3.8, 4) is 0 Å². The minimum atomic E-state index is -1.11. The van der Waals surface area contributed by atoms with Crippen LogP contribution in [0, 0.1) is 5.82 Å². The molecule has 25 heavy (non-hydrogen) atoms. The molecule has 1 atom stereocenters. The highest BCUT2D eigenvalue weighted by Crippen LogP contribution is 2.20. The lowest BCUT2D eigenvalue weighted by atomic mass is 10.1. The lowest BCUT2D eigenvalue weighted by molar-refractivity contribution is -0.139. The third kappa shape index (κ3) is 3.52. The minimum Gasteiger partial charge on any atom is -0.480 e. The van der Waals surface area contributed by atoms with Crippen LogP contribution in [0.1, 0.15) is 16.1 Å². The van der Waals surface area contributed by atoms with Crippen molar-refractivity contribution in [1.82, 2.24) is 9.88 Å². The van der Waals surface area contributed by atoms with E-state index < -0.39 is 23.7 Å². The van der Waals surface area contributed by atoms with Crippen molar-refractivity contribution in [2.45, 2.75) is 12.5 Å². The maximum Gasteiger partial charge on any atom is 0.326 e. The summed E-state index contributed by atoms with van der Waals surface area (Å²) in [5.41, 5.74) is 1.79. The van der Waals surface area contributed by atoms with Gasteiger partial charge in [0, 0.05) is 24.4 Å². The number of carbonyl (C=O) groups excluding carboxylic acids is 1. The molecular formula is C19H17FN2O3. The molecule has 128 valence electrons. The van der Waals surface area contributed by atoms with Gasteiger partial charge in [0.2, 0.25) is 0 Å². The number of aromatic nitrogens is 1. The number of nitrogens with one attached hydrogen (secondary N) is 1. The molecule has 0 fully saturated rings. The average molecular weight is 340 g/mol. The number of amides is 1. The fourth-order valence-electron chi connectivity index (χ4n) is 2.82. The Labute approximate surface area is 143 Å². The zero-order valence-electron chi connectivity index (χ0n) is 13.6. The van der Waals surface area contributed by atoms with E-state index in [1.807, 2.05) is 30.3 Å². The molecular weight excluding hydrogens is 323 g/mol. The molecule has 6 heteroatoms. The van der Waals surface area contributed by atoms with Crippen LogP contribution in [0.25, 0.3) is 10.9 Å². The second kappa shape index (κ2) is 6.76. The topological polar surface area (TPSA) is 71.3 Å². The fraction of sp³-hybridized carbons (Fsp3) is 0.158. The number of nitrogens with zero attached hydrogens (tertiary/aromatic N) is 1. The Morgan fingerprint density at radius 2 is 1.88 bits per heavy atom. The quantitative estimate of drug-likeness (QED) is 0.750. The van der Waals surface area contributed by atoms with Gasteiger partial charge in [0.05, 0.1) is 0 Å². The number of benzene rings is 2. The summed E-state index contributed by atoms with van der Waals surface area (Å²) >= 11 is 0. The summed E-state index contributed by atoms with van der Waals surface area (Å²) in [6.45, 7) is 0. The summed E-state index contributed by atoms with van der Waals surface area (Å²) < 4.78 is 15.0. The Morgan fingerprint density at radius 1 is 1.16 bits per heavy atom. The molecule has 5 nitrogen and oxygen atoms in total. The SMILES string of the molecule is Cn1c(C(=O)N[C@@H](Cc2ccccc2)C(=O)O)cc2cc(F)ccc21. The van der Waals surface area contributed by atoms with Crippen molar-refractivity contribution in [3.05, 3.63) is 71.7 Å². The lowest BCUT2D eigenvalue weighted by Gasteiger charge is -2.15. The second-order valence-corrected chi connectivity index (χ2v) is 5.85. The molecule has 1 aromatic heterocycles. The van der Waals surface area contributed by atoms with Crippen molar-refractivity contribution in [1.29, 1.82) is 0 Å². The van der Waals surface area contributed by atoms with E-state index in [4.69, 9.17) is 0 Å². The Hall–Kier alpha value is -3.15. The highest BCUT2D eigenvalue weighted by atomic mass is 19.1. The maximum absolute atomic E-state index is 13.3. The average Bonchev–Trinajstić information content (AvgIpc) is 2.91. The number of rotatable bonds is 5. The number of fused-ring (bicyclic) bond motifs is 1. The molecule has 0 saturated carbocycles. The zero-order chi connectivity index (χ0) is 18.0. The molecule has 1 heterocycles. The van der Waals surface area contributed by atoms with Gasteiger partial charge < -0.3 is 15.0 Å². The normalized spacial score (nSPS) is 12.1. The molecule has 3 aromatic rings. The number of halogens is 1. The first-order valence-electron chi connectivity index (χ1n) is 7.78. The van der Waals surface area contributed by atoms with Gasteiger partial charge in [0.25, 0.3) is 5.91 Å². The summed E-state index contributed by atoms with van der Waals surface area (Å²) in [4.78, 5) is 24.0. The Kier molecular flexibility index (Phi) is 4.52. The lowest BCUT2D eigenvalue weighted by Crippen LogP contribution is -2.42. The van der Waals surface area contributed by atoms with Crippen LogP contribution in [0.5, 0.6) is 0 Å². The molecule has 0 aliphatic carbocycles. The van der Waals surface area contributed by atoms with E-state index in [0.29, 0.717) is 10.9 Å².